The lowest BCUT2D eigenvalue weighted by atomic mass is 10.1. The Labute approximate surface area is 112 Å². The van der Waals surface area contributed by atoms with Gasteiger partial charge in [0.25, 0.3) is 0 Å². The number of carbonyl (C=O) groups is 1. The van der Waals surface area contributed by atoms with Crippen molar-refractivity contribution in [2.24, 2.45) is 0 Å². The molecule has 0 radical (unpaired) electrons. The Morgan fingerprint density at radius 1 is 1.47 bits per heavy atom. The van der Waals surface area contributed by atoms with Gasteiger partial charge in [-0.1, -0.05) is 45.8 Å². The molecule has 2 nitrogen and oxygen atoms in total. The van der Waals surface area contributed by atoms with Crippen molar-refractivity contribution >= 4 is 21.8 Å². The second kappa shape index (κ2) is 6.80. The highest BCUT2D eigenvalue weighted by atomic mass is 79.9. The van der Waals surface area contributed by atoms with Crippen LogP contribution in [0.2, 0.25) is 0 Å². The van der Waals surface area contributed by atoms with Gasteiger partial charge < -0.3 is 4.90 Å². The maximum atomic E-state index is 11.9. The zero-order chi connectivity index (χ0) is 12.8. The van der Waals surface area contributed by atoms with Crippen LogP contribution in [0.15, 0.2) is 24.3 Å². The van der Waals surface area contributed by atoms with Gasteiger partial charge in [0.1, 0.15) is 0 Å². The van der Waals surface area contributed by atoms with E-state index in [1.807, 2.05) is 24.9 Å². The van der Waals surface area contributed by atoms with Crippen LogP contribution in [0.4, 0.5) is 0 Å². The van der Waals surface area contributed by atoms with Gasteiger partial charge in [0.05, 0.1) is 0 Å². The molecule has 3 heteroatoms. The first kappa shape index (κ1) is 14.2. The summed E-state index contributed by atoms with van der Waals surface area (Å²) in [6.45, 7) is 4.11. The fourth-order valence-electron chi connectivity index (χ4n) is 1.64. The molecule has 0 fully saturated rings. The van der Waals surface area contributed by atoms with Gasteiger partial charge in [-0.2, -0.15) is 0 Å². The van der Waals surface area contributed by atoms with E-state index in [1.54, 1.807) is 0 Å². The Bertz CT molecular complexity index is 378. The summed E-state index contributed by atoms with van der Waals surface area (Å²) < 4.78 is 0. The number of hydrogen-bond donors (Lipinski definition) is 0. The van der Waals surface area contributed by atoms with Crippen LogP contribution in [0.3, 0.4) is 0 Å². The molecule has 0 N–H and O–H groups in total. The molecule has 1 aromatic rings. The molecule has 1 aromatic carbocycles. The van der Waals surface area contributed by atoms with Crippen LogP contribution in [-0.4, -0.2) is 29.2 Å². The van der Waals surface area contributed by atoms with Crippen LogP contribution >= 0.6 is 15.9 Å². The second-order valence-corrected chi connectivity index (χ2v) is 5.14. The zero-order valence-corrected chi connectivity index (χ0v) is 12.3. The van der Waals surface area contributed by atoms with Crippen LogP contribution in [-0.2, 0) is 11.2 Å². The number of benzene rings is 1. The third kappa shape index (κ3) is 4.50. The molecule has 0 spiro atoms. The van der Waals surface area contributed by atoms with Crippen LogP contribution < -0.4 is 0 Å². The molecule has 0 saturated heterocycles. The molecule has 1 atom stereocenters. The molecular formula is C14H20BrNO. The van der Waals surface area contributed by atoms with Crippen LogP contribution in [0.25, 0.3) is 0 Å². The smallest absolute Gasteiger partial charge is 0.222 e. The molecule has 0 saturated carbocycles. The van der Waals surface area contributed by atoms with Crippen molar-refractivity contribution in [3.63, 3.8) is 0 Å². The molecule has 94 valence electrons. The fourth-order valence-corrected chi connectivity index (χ4v) is 2.08. The zero-order valence-electron chi connectivity index (χ0n) is 10.7. The maximum absolute atomic E-state index is 11.9. The monoisotopic (exact) mass is 297 g/mol. The number of nitrogens with zero attached hydrogens (tertiary/aromatic N) is 1. The third-order valence-corrected chi connectivity index (χ3v) is 3.92. The average molecular weight is 298 g/mol. The van der Waals surface area contributed by atoms with Gasteiger partial charge in [0, 0.05) is 24.8 Å². The molecular weight excluding hydrogens is 278 g/mol. The summed E-state index contributed by atoms with van der Waals surface area (Å²) in [4.78, 5) is 13.7. The molecule has 0 aliphatic carbocycles. The molecule has 1 rings (SSSR count). The Hall–Kier alpha value is -0.830. The van der Waals surface area contributed by atoms with E-state index >= 15 is 0 Å². The van der Waals surface area contributed by atoms with Crippen molar-refractivity contribution in [1.29, 1.82) is 0 Å². The summed E-state index contributed by atoms with van der Waals surface area (Å²) in [6, 6.07) is 8.58. The average Bonchev–Trinajstić information content (AvgIpc) is 2.34. The Kier molecular flexibility index (Phi) is 5.69. The van der Waals surface area contributed by atoms with E-state index in [-0.39, 0.29) is 11.9 Å². The van der Waals surface area contributed by atoms with Crippen LogP contribution in [0.5, 0.6) is 0 Å². The first-order chi connectivity index (χ1) is 8.04. The summed E-state index contributed by atoms with van der Waals surface area (Å²) in [5.74, 6) is 0.207. The van der Waals surface area contributed by atoms with Crippen molar-refractivity contribution in [2.45, 2.75) is 32.7 Å². The van der Waals surface area contributed by atoms with Crippen LogP contribution in [0, 0.1) is 6.92 Å². The number of aryl methyl sites for hydroxylation is 2. The molecule has 0 bridgehead atoms. The Morgan fingerprint density at radius 3 is 2.76 bits per heavy atom. The van der Waals surface area contributed by atoms with E-state index in [9.17, 15) is 4.79 Å². The molecule has 17 heavy (non-hydrogen) atoms. The molecule has 1 amide bonds. The lowest BCUT2D eigenvalue weighted by Crippen LogP contribution is -2.36. The first-order valence-electron chi connectivity index (χ1n) is 5.91. The number of amides is 1. The van der Waals surface area contributed by atoms with Crippen LogP contribution in [0.1, 0.15) is 24.5 Å². The standard InChI is InChI=1S/C14H20BrNO/c1-11-5-4-6-13(9-11)7-8-14(17)16(3)12(2)10-15/h4-6,9,12H,7-8,10H2,1-3H3. The van der Waals surface area contributed by atoms with Gasteiger partial charge in [0.2, 0.25) is 5.91 Å². The second-order valence-electron chi connectivity index (χ2n) is 4.50. The summed E-state index contributed by atoms with van der Waals surface area (Å²) in [5, 5.41) is 0.819. The van der Waals surface area contributed by atoms with Gasteiger partial charge in [0.15, 0.2) is 0 Å². The van der Waals surface area contributed by atoms with Gasteiger partial charge in [-0.15, -0.1) is 0 Å². The number of halogens is 1. The highest BCUT2D eigenvalue weighted by Gasteiger charge is 2.14. The Morgan fingerprint density at radius 2 is 2.18 bits per heavy atom. The van der Waals surface area contributed by atoms with E-state index < -0.39 is 0 Å². The fraction of sp³-hybridized carbons (Fsp3) is 0.500. The molecule has 0 aliphatic rings. The van der Waals surface area contributed by atoms with Gasteiger partial charge in [-0.05, 0) is 25.8 Å². The SMILES string of the molecule is Cc1cccc(CCC(=O)N(C)C(C)CBr)c1. The predicted molar refractivity (Wildman–Crippen MR) is 75.5 cm³/mol. The number of hydrogen-bond acceptors (Lipinski definition) is 1. The van der Waals surface area contributed by atoms with Crippen molar-refractivity contribution in [1.82, 2.24) is 4.90 Å². The van der Waals surface area contributed by atoms with Gasteiger partial charge in [-0.3, -0.25) is 4.79 Å². The minimum Gasteiger partial charge on any atom is -0.342 e. The van der Waals surface area contributed by atoms with E-state index in [0.29, 0.717) is 6.42 Å². The number of rotatable bonds is 5. The number of alkyl halides is 1. The maximum Gasteiger partial charge on any atom is 0.222 e. The molecule has 0 heterocycles. The van der Waals surface area contributed by atoms with E-state index in [2.05, 4.69) is 41.1 Å². The van der Waals surface area contributed by atoms with E-state index in [4.69, 9.17) is 0 Å². The largest absolute Gasteiger partial charge is 0.342 e. The summed E-state index contributed by atoms with van der Waals surface area (Å²) in [5.41, 5.74) is 2.48. The van der Waals surface area contributed by atoms with Gasteiger partial charge in [-0.25, -0.2) is 0 Å². The summed E-state index contributed by atoms with van der Waals surface area (Å²) in [6.07, 6.45) is 1.40. The minimum absolute atomic E-state index is 0.207. The molecule has 0 aliphatic heterocycles. The Balaban J connectivity index is 2.48. The highest BCUT2D eigenvalue weighted by molar-refractivity contribution is 9.09. The van der Waals surface area contributed by atoms with Crippen molar-refractivity contribution in [3.05, 3.63) is 35.4 Å². The lowest BCUT2D eigenvalue weighted by Gasteiger charge is -2.23. The quantitative estimate of drug-likeness (QED) is 0.765. The predicted octanol–water partition coefficient (Wildman–Crippen LogP) is 3.17. The minimum atomic E-state index is 0.207. The van der Waals surface area contributed by atoms with Crippen molar-refractivity contribution in [3.8, 4) is 0 Å². The van der Waals surface area contributed by atoms with E-state index in [0.717, 1.165) is 11.8 Å². The summed E-state index contributed by atoms with van der Waals surface area (Å²) >= 11 is 3.40. The number of carbonyl (C=O) groups excluding carboxylic acids is 1. The molecule has 0 aromatic heterocycles. The highest BCUT2D eigenvalue weighted by Crippen LogP contribution is 2.09. The summed E-state index contributed by atoms with van der Waals surface area (Å²) in [7, 11) is 1.87. The topological polar surface area (TPSA) is 20.3 Å². The first-order valence-corrected chi connectivity index (χ1v) is 7.04. The normalized spacial score (nSPS) is 12.2. The third-order valence-electron chi connectivity index (χ3n) is 2.99. The van der Waals surface area contributed by atoms with Crippen molar-refractivity contribution in [2.75, 3.05) is 12.4 Å². The lowest BCUT2D eigenvalue weighted by molar-refractivity contribution is -0.131. The van der Waals surface area contributed by atoms with E-state index in [1.165, 1.54) is 11.1 Å². The van der Waals surface area contributed by atoms with Gasteiger partial charge >= 0.3 is 0 Å². The molecule has 1 unspecified atom stereocenters. The van der Waals surface area contributed by atoms with Crippen molar-refractivity contribution < 1.29 is 4.79 Å².